The van der Waals surface area contributed by atoms with Gasteiger partial charge in [0.15, 0.2) is 0 Å². The monoisotopic (exact) mass is 268 g/mol. The van der Waals surface area contributed by atoms with Gasteiger partial charge in [0.2, 0.25) is 0 Å². The summed E-state index contributed by atoms with van der Waals surface area (Å²) in [4.78, 5) is 2.66. The predicted molar refractivity (Wildman–Crippen MR) is 80.7 cm³/mol. The first-order valence-electron chi connectivity index (χ1n) is 7.58. The van der Waals surface area contributed by atoms with Crippen molar-refractivity contribution in [1.82, 2.24) is 15.1 Å². The van der Waals surface area contributed by atoms with E-state index in [1.165, 1.54) is 37.7 Å². The van der Waals surface area contributed by atoms with Gasteiger partial charge in [-0.2, -0.15) is 10.2 Å². The fourth-order valence-corrected chi connectivity index (χ4v) is 3.20. The van der Waals surface area contributed by atoms with Crippen LogP contribution < -0.4 is 5.32 Å². The van der Waals surface area contributed by atoms with Gasteiger partial charge < -0.3 is 10.2 Å². The zero-order chi connectivity index (χ0) is 13.4. The van der Waals surface area contributed by atoms with Crippen molar-refractivity contribution < 1.29 is 0 Å². The van der Waals surface area contributed by atoms with Crippen LogP contribution in [0.3, 0.4) is 0 Å². The number of fused-ring (bicyclic) bond motifs is 1. The van der Waals surface area contributed by atoms with E-state index in [-0.39, 0.29) is 0 Å². The Balaban J connectivity index is 1.43. The second kappa shape index (κ2) is 5.02. The summed E-state index contributed by atoms with van der Waals surface area (Å²) in [6.07, 6.45) is 5.99. The Morgan fingerprint density at radius 1 is 1.20 bits per heavy atom. The summed E-state index contributed by atoms with van der Waals surface area (Å²) in [5.74, 6) is 0.766. The molecule has 0 spiro atoms. The molecular weight excluding hydrogens is 248 g/mol. The number of anilines is 1. The highest BCUT2D eigenvalue weighted by Gasteiger charge is 2.34. The van der Waals surface area contributed by atoms with Crippen LogP contribution in [0.15, 0.2) is 30.5 Å². The van der Waals surface area contributed by atoms with Crippen LogP contribution in [0, 0.1) is 5.92 Å². The van der Waals surface area contributed by atoms with Gasteiger partial charge in [-0.15, -0.1) is 0 Å². The fraction of sp³-hybridized carbons (Fsp3) is 0.500. The van der Waals surface area contributed by atoms with Crippen molar-refractivity contribution in [2.45, 2.75) is 25.3 Å². The third-order valence-electron chi connectivity index (χ3n) is 4.51. The van der Waals surface area contributed by atoms with E-state index in [0.29, 0.717) is 0 Å². The van der Waals surface area contributed by atoms with Gasteiger partial charge >= 0.3 is 0 Å². The molecule has 0 bridgehead atoms. The minimum Gasteiger partial charge on any atom is -0.383 e. The summed E-state index contributed by atoms with van der Waals surface area (Å²) in [7, 11) is 0. The summed E-state index contributed by atoms with van der Waals surface area (Å²) in [5.41, 5.74) is 2.07. The Morgan fingerprint density at radius 3 is 3.00 bits per heavy atom. The van der Waals surface area contributed by atoms with E-state index >= 15 is 0 Å². The normalized spacial score (nSPS) is 23.3. The minimum absolute atomic E-state index is 0.766. The van der Waals surface area contributed by atoms with Crippen LogP contribution in [0.5, 0.6) is 0 Å². The maximum Gasteiger partial charge on any atom is 0.0950 e. The van der Waals surface area contributed by atoms with E-state index in [1.54, 1.807) is 0 Å². The van der Waals surface area contributed by atoms with E-state index in [9.17, 15) is 0 Å². The smallest absolute Gasteiger partial charge is 0.0950 e. The Hall–Kier alpha value is -1.68. The van der Waals surface area contributed by atoms with Gasteiger partial charge in [-0.1, -0.05) is 18.2 Å². The molecule has 1 atom stereocenters. The molecule has 1 saturated carbocycles. The number of nitrogens with one attached hydrogen (secondary N) is 1. The van der Waals surface area contributed by atoms with Gasteiger partial charge in [0.05, 0.1) is 17.4 Å². The van der Waals surface area contributed by atoms with Gasteiger partial charge in [-0.05, 0) is 37.8 Å². The molecule has 0 radical (unpaired) electrons. The van der Waals surface area contributed by atoms with Crippen LogP contribution in [0.2, 0.25) is 0 Å². The molecule has 1 aliphatic heterocycles. The van der Waals surface area contributed by atoms with Gasteiger partial charge in [-0.3, -0.25) is 0 Å². The van der Waals surface area contributed by atoms with Crippen LogP contribution in [-0.2, 0) is 0 Å². The van der Waals surface area contributed by atoms with Gasteiger partial charge in [0.1, 0.15) is 0 Å². The topological polar surface area (TPSA) is 41.0 Å². The molecule has 1 saturated heterocycles. The summed E-state index contributed by atoms with van der Waals surface area (Å²) in [5, 5.41) is 13.0. The summed E-state index contributed by atoms with van der Waals surface area (Å²) >= 11 is 0. The number of hydrogen-bond acceptors (Lipinski definition) is 4. The highest BCUT2D eigenvalue weighted by molar-refractivity contribution is 5.90. The Kier molecular flexibility index (Phi) is 3.03. The molecule has 1 aromatic heterocycles. The lowest BCUT2D eigenvalue weighted by atomic mass is 10.1. The molecule has 1 unspecified atom stereocenters. The maximum absolute atomic E-state index is 4.17. The second-order valence-corrected chi connectivity index (χ2v) is 6.04. The lowest BCUT2D eigenvalue weighted by Crippen LogP contribution is -2.24. The molecule has 2 heterocycles. The average Bonchev–Trinajstić information content (AvgIpc) is 3.24. The summed E-state index contributed by atoms with van der Waals surface area (Å²) in [6.45, 7) is 3.58. The lowest BCUT2D eigenvalue weighted by Gasteiger charge is -2.16. The first-order chi connectivity index (χ1) is 9.90. The molecule has 1 aliphatic carbocycles. The van der Waals surface area contributed by atoms with E-state index in [2.05, 4.69) is 32.5 Å². The lowest BCUT2D eigenvalue weighted by molar-refractivity contribution is 0.316. The molecular formula is C16H20N4. The zero-order valence-corrected chi connectivity index (χ0v) is 11.6. The Bertz CT molecular complexity index is 603. The second-order valence-electron chi connectivity index (χ2n) is 6.04. The van der Waals surface area contributed by atoms with E-state index in [4.69, 9.17) is 0 Å². The van der Waals surface area contributed by atoms with E-state index in [0.717, 1.165) is 29.7 Å². The Labute approximate surface area is 119 Å². The van der Waals surface area contributed by atoms with E-state index < -0.39 is 0 Å². The number of hydrogen-bond donors (Lipinski definition) is 1. The standard InChI is InChI=1S/C16H20N4/c1-2-4-15-14(3-1)16(10-18-19-15)17-9-12-7-8-20(11-12)13-5-6-13/h1-4,10,12-13H,5-9,11H2,(H,17,19). The zero-order valence-electron chi connectivity index (χ0n) is 11.6. The van der Waals surface area contributed by atoms with Crippen molar-refractivity contribution >= 4 is 16.6 Å². The summed E-state index contributed by atoms with van der Waals surface area (Å²) < 4.78 is 0. The molecule has 1 N–H and O–H groups in total. The van der Waals surface area contributed by atoms with Crippen LogP contribution in [0.4, 0.5) is 5.69 Å². The SMILES string of the molecule is c1ccc2c(NCC3CCN(C4CC4)C3)cnnc2c1. The third-order valence-corrected chi connectivity index (χ3v) is 4.51. The molecule has 2 aliphatic rings. The van der Waals surface area contributed by atoms with Gasteiger partial charge in [0, 0.05) is 24.5 Å². The quantitative estimate of drug-likeness (QED) is 0.925. The predicted octanol–water partition coefficient (Wildman–Crippen LogP) is 2.53. The largest absolute Gasteiger partial charge is 0.383 e. The first-order valence-corrected chi connectivity index (χ1v) is 7.58. The molecule has 0 amide bonds. The number of nitrogens with zero attached hydrogens (tertiary/aromatic N) is 3. The van der Waals surface area contributed by atoms with Crippen molar-refractivity contribution in [2.24, 2.45) is 5.92 Å². The van der Waals surface area contributed by atoms with Crippen molar-refractivity contribution in [1.29, 1.82) is 0 Å². The number of likely N-dealkylation sites (tertiary alicyclic amines) is 1. The molecule has 4 heteroatoms. The molecule has 104 valence electrons. The van der Waals surface area contributed by atoms with Crippen LogP contribution in [0.25, 0.3) is 10.9 Å². The van der Waals surface area contributed by atoms with E-state index in [1.807, 2.05) is 18.3 Å². The number of aromatic nitrogens is 2. The van der Waals surface area contributed by atoms with Gasteiger partial charge in [-0.25, -0.2) is 0 Å². The molecule has 2 aromatic rings. The third kappa shape index (κ3) is 2.36. The molecule has 4 rings (SSSR count). The Morgan fingerprint density at radius 2 is 2.10 bits per heavy atom. The highest BCUT2D eigenvalue weighted by atomic mass is 15.2. The fourth-order valence-electron chi connectivity index (χ4n) is 3.20. The van der Waals surface area contributed by atoms with Crippen LogP contribution in [-0.4, -0.2) is 40.8 Å². The molecule has 4 nitrogen and oxygen atoms in total. The molecule has 1 aromatic carbocycles. The first kappa shape index (κ1) is 12.1. The number of benzene rings is 1. The van der Waals surface area contributed by atoms with Crippen LogP contribution in [0.1, 0.15) is 19.3 Å². The van der Waals surface area contributed by atoms with Crippen molar-refractivity contribution in [3.63, 3.8) is 0 Å². The maximum atomic E-state index is 4.17. The van der Waals surface area contributed by atoms with Crippen molar-refractivity contribution in [2.75, 3.05) is 25.0 Å². The highest BCUT2D eigenvalue weighted by Crippen LogP contribution is 2.32. The average molecular weight is 268 g/mol. The number of rotatable bonds is 4. The molecule has 2 fully saturated rings. The van der Waals surface area contributed by atoms with Crippen molar-refractivity contribution in [3.05, 3.63) is 30.5 Å². The van der Waals surface area contributed by atoms with Crippen LogP contribution >= 0.6 is 0 Å². The van der Waals surface area contributed by atoms with Gasteiger partial charge in [0.25, 0.3) is 0 Å². The van der Waals surface area contributed by atoms with Crippen molar-refractivity contribution in [3.8, 4) is 0 Å². The minimum atomic E-state index is 0.766. The summed E-state index contributed by atoms with van der Waals surface area (Å²) in [6, 6.07) is 9.09. The molecule has 20 heavy (non-hydrogen) atoms.